The average molecular weight is 253 g/mol. The van der Waals surface area contributed by atoms with Gasteiger partial charge >= 0.3 is 0 Å². The highest BCUT2D eigenvalue weighted by Gasteiger charge is 2.23. The van der Waals surface area contributed by atoms with Gasteiger partial charge in [0.05, 0.1) is 4.90 Å². The Morgan fingerprint density at radius 2 is 1.38 bits per heavy atom. The molecule has 90 valence electrons. The molecule has 1 heterocycles. The molecule has 0 fully saturated rings. The summed E-state index contributed by atoms with van der Waals surface area (Å²) in [5.41, 5.74) is 0. The number of nitrogens with zero attached hydrogens (tertiary/aromatic N) is 1. The Morgan fingerprint density at radius 1 is 0.938 bits per heavy atom. The zero-order valence-corrected chi connectivity index (χ0v) is 9.84. The number of hydrogen-bond donors (Lipinski definition) is 0. The van der Waals surface area contributed by atoms with Crippen LogP contribution in [0.5, 0.6) is 0 Å². The van der Waals surface area contributed by atoms with E-state index in [9.17, 15) is 17.6 Å². The normalized spacial score (nSPS) is 13.2. The smallest absolute Gasteiger partial charge is 0.201 e. The summed E-state index contributed by atoms with van der Waals surface area (Å²) in [5, 5.41) is -0.162. The highest BCUT2D eigenvalue weighted by Crippen LogP contribution is 2.33. The van der Waals surface area contributed by atoms with Gasteiger partial charge in [-0.2, -0.15) is 13.8 Å². The molecule has 0 bridgehead atoms. The maximum atomic E-state index is 13.2. The monoisotopic (exact) mass is 253 g/mol. The molecule has 16 heavy (non-hydrogen) atoms. The molecular formula is C10H11F4NS. The molecule has 0 aliphatic heterocycles. The molecule has 0 radical (unpaired) electrons. The van der Waals surface area contributed by atoms with E-state index in [0.717, 1.165) is 11.8 Å². The van der Waals surface area contributed by atoms with Crippen molar-refractivity contribution < 1.29 is 17.6 Å². The van der Waals surface area contributed by atoms with Crippen molar-refractivity contribution in [3.63, 3.8) is 0 Å². The predicted molar refractivity (Wildman–Crippen MR) is 54.2 cm³/mol. The zero-order valence-electron chi connectivity index (χ0n) is 9.02. The molecule has 1 rings (SSSR count). The molecule has 0 amide bonds. The van der Waals surface area contributed by atoms with E-state index in [4.69, 9.17) is 0 Å². The van der Waals surface area contributed by atoms with Crippen molar-refractivity contribution >= 4 is 11.8 Å². The number of halogens is 4. The summed E-state index contributed by atoms with van der Waals surface area (Å²) in [6.07, 6.45) is 0. The van der Waals surface area contributed by atoms with Crippen LogP contribution in [0.4, 0.5) is 17.6 Å². The van der Waals surface area contributed by atoms with Crippen molar-refractivity contribution in [1.29, 1.82) is 0 Å². The lowest BCUT2D eigenvalue weighted by molar-refractivity contribution is 0.383. The molecule has 0 aliphatic rings. The standard InChI is InChI=1S/C10H11F4NS/c1-4(2)5(3)16-8-6(11)9(13)15-10(14)7(8)12/h4-5H,1-3H3. The van der Waals surface area contributed by atoms with E-state index >= 15 is 0 Å². The first kappa shape index (κ1) is 13.3. The van der Waals surface area contributed by atoms with E-state index in [0.29, 0.717) is 0 Å². The SMILES string of the molecule is CC(C)C(C)Sc1c(F)c(F)nc(F)c1F. The Labute approximate surface area is 95.3 Å². The molecule has 0 saturated heterocycles. The summed E-state index contributed by atoms with van der Waals surface area (Å²) in [6, 6.07) is 0. The molecular weight excluding hydrogens is 242 g/mol. The van der Waals surface area contributed by atoms with E-state index in [2.05, 4.69) is 4.98 Å². The zero-order chi connectivity index (χ0) is 12.5. The second kappa shape index (κ2) is 5.03. The van der Waals surface area contributed by atoms with Crippen LogP contribution in [0.1, 0.15) is 20.8 Å². The van der Waals surface area contributed by atoms with Gasteiger partial charge in [0.25, 0.3) is 11.9 Å². The van der Waals surface area contributed by atoms with Gasteiger partial charge in [-0.1, -0.05) is 20.8 Å². The summed E-state index contributed by atoms with van der Waals surface area (Å²) in [5.74, 6) is -5.97. The van der Waals surface area contributed by atoms with Crippen LogP contribution in [0.2, 0.25) is 0 Å². The van der Waals surface area contributed by atoms with Crippen LogP contribution in [0, 0.1) is 29.4 Å². The van der Waals surface area contributed by atoms with Crippen LogP contribution < -0.4 is 0 Å². The van der Waals surface area contributed by atoms with E-state index in [1.54, 1.807) is 6.92 Å². The van der Waals surface area contributed by atoms with Gasteiger partial charge in [-0.3, -0.25) is 0 Å². The largest absolute Gasteiger partial charge is 0.252 e. The number of thioether (sulfide) groups is 1. The van der Waals surface area contributed by atoms with Crippen molar-refractivity contribution in [3.05, 3.63) is 23.5 Å². The Hall–Kier alpha value is -0.780. The second-order valence-electron chi connectivity index (χ2n) is 3.72. The van der Waals surface area contributed by atoms with Gasteiger partial charge in [0.1, 0.15) is 0 Å². The molecule has 0 spiro atoms. The van der Waals surface area contributed by atoms with Gasteiger partial charge in [0.15, 0.2) is 11.6 Å². The van der Waals surface area contributed by atoms with Crippen LogP contribution in [0.15, 0.2) is 4.90 Å². The van der Waals surface area contributed by atoms with E-state index in [-0.39, 0.29) is 11.2 Å². The summed E-state index contributed by atoms with van der Waals surface area (Å²) < 4.78 is 51.9. The fraction of sp³-hybridized carbons (Fsp3) is 0.500. The first-order valence-corrected chi connectivity index (χ1v) is 5.59. The highest BCUT2D eigenvalue weighted by molar-refractivity contribution is 8.00. The molecule has 6 heteroatoms. The summed E-state index contributed by atoms with van der Waals surface area (Å²) in [7, 11) is 0. The maximum Gasteiger partial charge on any atom is 0.252 e. The van der Waals surface area contributed by atoms with Gasteiger partial charge in [0.2, 0.25) is 0 Å². The molecule has 1 nitrogen and oxygen atoms in total. The molecule has 0 N–H and O–H groups in total. The maximum absolute atomic E-state index is 13.2. The number of pyridine rings is 1. The second-order valence-corrected chi connectivity index (χ2v) is 5.11. The van der Waals surface area contributed by atoms with Crippen molar-refractivity contribution in [3.8, 4) is 0 Å². The van der Waals surface area contributed by atoms with E-state index < -0.39 is 28.4 Å². The summed E-state index contributed by atoms with van der Waals surface area (Å²) in [4.78, 5) is 1.84. The number of rotatable bonds is 3. The van der Waals surface area contributed by atoms with Crippen LogP contribution in [0.3, 0.4) is 0 Å². The Kier molecular flexibility index (Phi) is 4.18. The lowest BCUT2D eigenvalue weighted by Crippen LogP contribution is -2.09. The van der Waals surface area contributed by atoms with Crippen molar-refractivity contribution in [2.45, 2.75) is 30.9 Å². The van der Waals surface area contributed by atoms with Crippen LogP contribution in [-0.2, 0) is 0 Å². The van der Waals surface area contributed by atoms with Crippen LogP contribution in [0.25, 0.3) is 0 Å². The third-order valence-corrected chi connectivity index (χ3v) is 3.71. The highest BCUT2D eigenvalue weighted by atomic mass is 32.2. The van der Waals surface area contributed by atoms with Gasteiger partial charge in [0, 0.05) is 5.25 Å². The molecule has 1 aromatic heterocycles. The average Bonchev–Trinajstić information content (AvgIpc) is 2.21. The third-order valence-electron chi connectivity index (χ3n) is 2.20. The Balaban J connectivity index is 3.12. The Bertz CT molecular complexity index is 369. The molecule has 0 aliphatic carbocycles. The summed E-state index contributed by atoms with van der Waals surface area (Å²) in [6.45, 7) is 5.42. The minimum atomic E-state index is -1.61. The molecule has 0 aromatic carbocycles. The topological polar surface area (TPSA) is 12.9 Å². The number of aromatic nitrogens is 1. The quantitative estimate of drug-likeness (QED) is 0.462. The third kappa shape index (κ3) is 2.66. The lowest BCUT2D eigenvalue weighted by Gasteiger charge is -2.15. The minimum absolute atomic E-state index is 0.128. The predicted octanol–water partition coefficient (Wildman–Crippen LogP) is 3.77. The first-order valence-electron chi connectivity index (χ1n) is 4.71. The van der Waals surface area contributed by atoms with Gasteiger partial charge < -0.3 is 0 Å². The van der Waals surface area contributed by atoms with Crippen molar-refractivity contribution in [1.82, 2.24) is 4.98 Å². The van der Waals surface area contributed by atoms with Crippen molar-refractivity contribution in [2.24, 2.45) is 5.92 Å². The van der Waals surface area contributed by atoms with Gasteiger partial charge in [-0.25, -0.2) is 8.78 Å². The summed E-state index contributed by atoms with van der Waals surface area (Å²) >= 11 is 0.763. The van der Waals surface area contributed by atoms with Crippen LogP contribution >= 0.6 is 11.8 Å². The van der Waals surface area contributed by atoms with Crippen LogP contribution in [-0.4, -0.2) is 10.2 Å². The van der Waals surface area contributed by atoms with E-state index in [1.807, 2.05) is 13.8 Å². The lowest BCUT2D eigenvalue weighted by atomic mass is 10.2. The van der Waals surface area contributed by atoms with Crippen molar-refractivity contribution in [2.75, 3.05) is 0 Å². The van der Waals surface area contributed by atoms with E-state index in [1.165, 1.54) is 0 Å². The Morgan fingerprint density at radius 3 is 1.75 bits per heavy atom. The van der Waals surface area contributed by atoms with Gasteiger partial charge in [-0.15, -0.1) is 11.8 Å². The fourth-order valence-corrected chi connectivity index (χ4v) is 1.91. The molecule has 1 atom stereocenters. The molecule has 1 unspecified atom stereocenters. The molecule has 0 saturated carbocycles. The number of hydrogen-bond acceptors (Lipinski definition) is 2. The van der Waals surface area contributed by atoms with Gasteiger partial charge in [-0.05, 0) is 5.92 Å². The first-order chi connectivity index (χ1) is 7.34. The molecule has 1 aromatic rings. The fourth-order valence-electron chi connectivity index (χ4n) is 0.894. The minimum Gasteiger partial charge on any atom is -0.201 e.